The van der Waals surface area contributed by atoms with Gasteiger partial charge in [-0.3, -0.25) is 4.44 Å². The molecule has 39 heavy (non-hydrogen) atoms. The van der Waals surface area contributed by atoms with Crippen molar-refractivity contribution in [1.29, 1.82) is 0 Å². The van der Waals surface area contributed by atoms with Crippen molar-refractivity contribution in [2.45, 2.75) is 43.9 Å². The molecule has 4 aromatic rings. The maximum absolute atomic E-state index is 14.6. The SMILES string of the molecule is CCCCN(P(c1cc(F)cc(F)c1)c1cc(F)cc(F)c1)P1C(c2ccccc2)CC[C@H]1c1ccccc1. The largest absolute Gasteiger partial charge is 0.251 e. The van der Waals surface area contributed by atoms with Gasteiger partial charge in [-0.05, 0) is 62.7 Å². The minimum atomic E-state index is -1.63. The molecule has 0 N–H and O–H groups in total. The van der Waals surface area contributed by atoms with Gasteiger partial charge in [0.2, 0.25) is 0 Å². The van der Waals surface area contributed by atoms with E-state index in [4.69, 9.17) is 0 Å². The lowest BCUT2D eigenvalue weighted by Crippen LogP contribution is -2.29. The molecule has 1 aliphatic rings. The van der Waals surface area contributed by atoms with Gasteiger partial charge >= 0.3 is 0 Å². The highest BCUT2D eigenvalue weighted by atomic mass is 31.2. The second-order valence-electron chi connectivity index (χ2n) is 9.83. The molecule has 2 unspecified atom stereocenters. The molecule has 3 atom stereocenters. The Hall–Kier alpha value is -2.58. The zero-order chi connectivity index (χ0) is 27.4. The van der Waals surface area contributed by atoms with E-state index in [-0.39, 0.29) is 11.3 Å². The van der Waals surface area contributed by atoms with Crippen LogP contribution >= 0.6 is 16.1 Å². The van der Waals surface area contributed by atoms with Crippen molar-refractivity contribution in [3.63, 3.8) is 0 Å². The van der Waals surface area contributed by atoms with Crippen LogP contribution in [0.4, 0.5) is 17.6 Å². The molecule has 1 saturated heterocycles. The first-order valence-electron chi connectivity index (χ1n) is 13.3. The molecular weight excluding hydrogens is 536 g/mol. The minimum Gasteiger partial charge on any atom is -0.251 e. The number of nitrogens with zero attached hydrogens (tertiary/aromatic N) is 1. The van der Waals surface area contributed by atoms with Crippen molar-refractivity contribution < 1.29 is 17.6 Å². The number of hydrogen-bond acceptors (Lipinski definition) is 1. The second kappa shape index (κ2) is 12.7. The third kappa shape index (κ3) is 6.43. The van der Waals surface area contributed by atoms with E-state index in [9.17, 15) is 17.6 Å². The third-order valence-electron chi connectivity index (χ3n) is 7.11. The van der Waals surface area contributed by atoms with Crippen molar-refractivity contribution in [1.82, 2.24) is 4.44 Å². The first kappa shape index (κ1) is 28.0. The van der Waals surface area contributed by atoms with Crippen LogP contribution in [0.3, 0.4) is 0 Å². The van der Waals surface area contributed by atoms with E-state index < -0.39 is 39.4 Å². The number of unbranched alkanes of at least 4 members (excludes halogenated alkanes) is 1. The molecule has 7 heteroatoms. The van der Waals surface area contributed by atoms with E-state index in [0.29, 0.717) is 17.2 Å². The van der Waals surface area contributed by atoms with Gasteiger partial charge in [-0.2, -0.15) is 0 Å². The van der Waals surface area contributed by atoms with Crippen LogP contribution in [-0.2, 0) is 0 Å². The fourth-order valence-corrected chi connectivity index (χ4v) is 13.0. The monoisotopic (exact) mass is 567 g/mol. The quantitative estimate of drug-likeness (QED) is 0.144. The molecule has 0 aromatic heterocycles. The Morgan fingerprint density at radius 2 is 1.08 bits per heavy atom. The van der Waals surface area contributed by atoms with E-state index in [1.54, 1.807) is 0 Å². The van der Waals surface area contributed by atoms with Crippen molar-refractivity contribution in [2.75, 3.05) is 6.54 Å². The Kier molecular flexibility index (Phi) is 9.13. The van der Waals surface area contributed by atoms with Gasteiger partial charge in [0.1, 0.15) is 23.3 Å². The summed E-state index contributed by atoms with van der Waals surface area (Å²) in [6, 6.07) is 27.8. The molecule has 0 aliphatic carbocycles. The maximum Gasteiger partial charge on any atom is 0.126 e. The van der Waals surface area contributed by atoms with Crippen LogP contribution in [0.5, 0.6) is 0 Å². The molecule has 0 saturated carbocycles. The lowest BCUT2D eigenvalue weighted by atomic mass is 10.0. The summed E-state index contributed by atoms with van der Waals surface area (Å²) in [4.78, 5) is 0. The molecule has 0 spiro atoms. The van der Waals surface area contributed by atoms with Crippen molar-refractivity contribution >= 4 is 26.8 Å². The summed E-state index contributed by atoms with van der Waals surface area (Å²) >= 11 is 0. The minimum absolute atomic E-state index is 0.213. The molecule has 4 aromatic carbocycles. The predicted octanol–water partition coefficient (Wildman–Crippen LogP) is 9.37. The van der Waals surface area contributed by atoms with Crippen LogP contribution in [0.15, 0.2) is 97.1 Å². The zero-order valence-corrected chi connectivity index (χ0v) is 23.6. The molecule has 1 aliphatic heterocycles. The smallest absolute Gasteiger partial charge is 0.126 e. The zero-order valence-electron chi connectivity index (χ0n) is 21.8. The van der Waals surface area contributed by atoms with E-state index >= 15 is 0 Å². The van der Waals surface area contributed by atoms with Crippen molar-refractivity contribution in [2.24, 2.45) is 0 Å². The van der Waals surface area contributed by atoms with Gasteiger partial charge in [0.15, 0.2) is 0 Å². The van der Waals surface area contributed by atoms with E-state index in [1.165, 1.54) is 35.4 Å². The third-order valence-corrected chi connectivity index (χ3v) is 13.5. The summed E-state index contributed by atoms with van der Waals surface area (Å²) in [5, 5.41) is 0.855. The van der Waals surface area contributed by atoms with Gasteiger partial charge in [0, 0.05) is 48.7 Å². The first-order chi connectivity index (χ1) is 18.9. The van der Waals surface area contributed by atoms with Crippen LogP contribution in [-0.4, -0.2) is 11.0 Å². The molecule has 0 bridgehead atoms. The second-order valence-corrected chi connectivity index (χ2v) is 14.8. The van der Waals surface area contributed by atoms with Crippen LogP contribution in [0.25, 0.3) is 0 Å². The van der Waals surface area contributed by atoms with E-state index in [2.05, 4.69) is 35.6 Å². The molecule has 0 radical (unpaired) electrons. The highest BCUT2D eigenvalue weighted by Crippen LogP contribution is 2.76. The fraction of sp³-hybridized carbons (Fsp3) is 0.250. The lowest BCUT2D eigenvalue weighted by molar-refractivity contribution is 0.584. The van der Waals surface area contributed by atoms with Gasteiger partial charge in [-0.25, -0.2) is 17.6 Å². The predicted molar refractivity (Wildman–Crippen MR) is 155 cm³/mol. The van der Waals surface area contributed by atoms with Gasteiger partial charge in [0.05, 0.1) is 0 Å². The standard InChI is InChI=1S/C32H31F4NP2/c1-2-3-16-37(38(29-19-25(33)17-26(34)20-29)30-21-27(35)18-28(36)22-30)39-31(23-10-6-4-7-11-23)14-15-32(39)24-12-8-5-9-13-24/h4-13,17-22,31-32H,2-3,14-16H2,1H3/t31-,32?,39?/m0/s1. The van der Waals surface area contributed by atoms with Gasteiger partial charge in [0.25, 0.3) is 0 Å². The fourth-order valence-electron chi connectivity index (χ4n) is 5.47. The molecule has 0 amide bonds. The summed E-state index contributed by atoms with van der Waals surface area (Å²) in [5.41, 5.74) is 2.89. The van der Waals surface area contributed by atoms with E-state index in [1.807, 2.05) is 36.4 Å². The molecule has 1 heterocycles. The molecular formula is C32H31F4NP2. The Labute approximate surface area is 230 Å². The lowest BCUT2D eigenvalue weighted by Gasteiger charge is -2.42. The van der Waals surface area contributed by atoms with Crippen LogP contribution in [0.1, 0.15) is 55.1 Å². The summed E-state index contributed by atoms with van der Waals surface area (Å²) < 4.78 is 61.0. The Morgan fingerprint density at radius 3 is 1.46 bits per heavy atom. The Morgan fingerprint density at radius 1 is 0.667 bits per heavy atom. The first-order valence-corrected chi connectivity index (χ1v) is 16.0. The average molecular weight is 568 g/mol. The summed E-state index contributed by atoms with van der Waals surface area (Å²) in [6.45, 7) is 2.77. The summed E-state index contributed by atoms with van der Waals surface area (Å²) in [7, 11) is -2.59. The molecule has 1 fully saturated rings. The van der Waals surface area contributed by atoms with Crippen LogP contribution in [0, 0.1) is 23.3 Å². The number of halogens is 4. The highest BCUT2D eigenvalue weighted by molar-refractivity contribution is 7.79. The topological polar surface area (TPSA) is 3.24 Å². The van der Waals surface area contributed by atoms with Crippen LogP contribution in [0.2, 0.25) is 0 Å². The van der Waals surface area contributed by atoms with Crippen molar-refractivity contribution in [3.05, 3.63) is 131 Å². The average Bonchev–Trinajstić information content (AvgIpc) is 3.36. The molecule has 202 valence electrons. The Bertz CT molecular complexity index is 1250. The van der Waals surface area contributed by atoms with Gasteiger partial charge < -0.3 is 0 Å². The summed E-state index contributed by atoms with van der Waals surface area (Å²) in [6.07, 6.45) is 3.71. The van der Waals surface area contributed by atoms with Crippen molar-refractivity contribution in [3.8, 4) is 0 Å². The highest BCUT2D eigenvalue weighted by Gasteiger charge is 2.44. The number of hydrogen-bond donors (Lipinski definition) is 0. The summed E-state index contributed by atoms with van der Waals surface area (Å²) in [5.74, 6) is -2.77. The number of rotatable bonds is 9. The molecule has 5 rings (SSSR count). The van der Waals surface area contributed by atoms with Gasteiger partial charge in [-0.15, -0.1) is 0 Å². The molecule has 1 nitrogen and oxygen atoms in total. The Balaban J connectivity index is 1.72. The normalized spacial score (nSPS) is 19.2. The van der Waals surface area contributed by atoms with Crippen LogP contribution < -0.4 is 10.6 Å². The van der Waals surface area contributed by atoms with Gasteiger partial charge in [-0.1, -0.05) is 74.0 Å². The number of benzene rings is 4. The maximum atomic E-state index is 14.6. The van der Waals surface area contributed by atoms with E-state index in [0.717, 1.165) is 37.8 Å².